The second-order valence-electron chi connectivity index (χ2n) is 9.30. The average molecular weight is 407 g/mol. The smallest absolute Gasteiger partial charge is 0.410 e. The Bertz CT molecular complexity index is 852. The second kappa shape index (κ2) is 8.13. The maximum Gasteiger partial charge on any atom is 0.410 e. The minimum absolute atomic E-state index is 0.0287. The van der Waals surface area contributed by atoms with Gasteiger partial charge in [0.25, 0.3) is 0 Å². The number of piperazine rings is 1. The monoisotopic (exact) mass is 406 g/mol. The number of benzene rings is 2. The summed E-state index contributed by atoms with van der Waals surface area (Å²) in [6.45, 7) is 6.79. The van der Waals surface area contributed by atoms with E-state index in [9.17, 15) is 9.59 Å². The van der Waals surface area contributed by atoms with Gasteiger partial charge in [-0.2, -0.15) is 0 Å². The number of rotatable bonds is 4. The fourth-order valence-corrected chi connectivity index (χ4v) is 4.61. The Kier molecular flexibility index (Phi) is 5.54. The van der Waals surface area contributed by atoms with Crippen molar-refractivity contribution in [2.24, 2.45) is 0 Å². The zero-order valence-electron chi connectivity index (χ0n) is 18.0. The van der Waals surface area contributed by atoms with Crippen LogP contribution in [0.3, 0.4) is 0 Å². The van der Waals surface area contributed by atoms with Crippen LogP contribution in [0.15, 0.2) is 60.7 Å². The van der Waals surface area contributed by atoms with Crippen LogP contribution in [0, 0.1) is 0 Å². The Balaban J connectivity index is 1.45. The molecule has 2 fully saturated rings. The van der Waals surface area contributed by atoms with E-state index in [-0.39, 0.29) is 30.0 Å². The van der Waals surface area contributed by atoms with Crippen LogP contribution in [0.4, 0.5) is 4.79 Å². The van der Waals surface area contributed by atoms with E-state index < -0.39 is 5.60 Å². The first-order valence-corrected chi connectivity index (χ1v) is 10.7. The van der Waals surface area contributed by atoms with Crippen LogP contribution in [0.5, 0.6) is 0 Å². The van der Waals surface area contributed by atoms with Gasteiger partial charge in [0.2, 0.25) is 5.91 Å². The molecule has 2 saturated heterocycles. The molecule has 158 valence electrons. The average Bonchev–Trinajstić information content (AvgIpc) is 3.33. The predicted molar refractivity (Wildman–Crippen MR) is 116 cm³/mol. The summed E-state index contributed by atoms with van der Waals surface area (Å²) < 4.78 is 5.53. The van der Waals surface area contributed by atoms with E-state index in [4.69, 9.17) is 4.74 Å². The Hall–Kier alpha value is -2.82. The first-order valence-electron chi connectivity index (χ1n) is 10.7. The van der Waals surface area contributed by atoms with Crippen LogP contribution < -0.4 is 0 Å². The topological polar surface area (TPSA) is 49.9 Å². The first-order chi connectivity index (χ1) is 14.3. The highest BCUT2D eigenvalue weighted by Crippen LogP contribution is 2.35. The standard InChI is InChI=1S/C25H30N2O3/c1-25(2,3)30-24(29)27-17-20-14-21(27)16-26(20)23(28)15-22(18-10-6-4-7-11-18)19-12-8-5-9-13-19/h4-13,20-22H,14-17H2,1-3H3/t20-,21+/m0/s1. The minimum Gasteiger partial charge on any atom is -0.444 e. The van der Waals surface area contributed by atoms with E-state index in [0.29, 0.717) is 19.5 Å². The molecule has 0 radical (unpaired) electrons. The van der Waals surface area contributed by atoms with E-state index in [1.165, 1.54) is 0 Å². The molecule has 4 rings (SSSR count). The third kappa shape index (κ3) is 4.35. The van der Waals surface area contributed by atoms with Gasteiger partial charge in [0.15, 0.2) is 0 Å². The summed E-state index contributed by atoms with van der Waals surface area (Å²) in [5, 5.41) is 0. The highest BCUT2D eigenvalue weighted by atomic mass is 16.6. The van der Waals surface area contributed by atoms with Gasteiger partial charge >= 0.3 is 6.09 Å². The number of fused-ring (bicyclic) bond motifs is 2. The number of nitrogens with zero attached hydrogens (tertiary/aromatic N) is 2. The third-order valence-corrected chi connectivity index (χ3v) is 5.97. The number of likely N-dealkylation sites (tertiary alicyclic amines) is 2. The maximum absolute atomic E-state index is 13.3. The number of amides is 2. The van der Waals surface area contributed by atoms with E-state index in [1.807, 2.05) is 62.1 Å². The molecule has 30 heavy (non-hydrogen) atoms. The molecule has 5 nitrogen and oxygen atoms in total. The molecule has 2 bridgehead atoms. The molecule has 0 N–H and O–H groups in total. The van der Waals surface area contributed by atoms with Crippen molar-refractivity contribution in [1.82, 2.24) is 9.80 Å². The van der Waals surface area contributed by atoms with Crippen LogP contribution in [-0.4, -0.2) is 52.6 Å². The van der Waals surface area contributed by atoms with Crippen LogP contribution >= 0.6 is 0 Å². The molecule has 0 unspecified atom stereocenters. The van der Waals surface area contributed by atoms with Crippen molar-refractivity contribution in [3.63, 3.8) is 0 Å². The molecule has 0 saturated carbocycles. The third-order valence-electron chi connectivity index (χ3n) is 5.97. The number of carbonyl (C=O) groups is 2. The van der Waals surface area contributed by atoms with E-state index in [2.05, 4.69) is 24.3 Å². The maximum atomic E-state index is 13.3. The fourth-order valence-electron chi connectivity index (χ4n) is 4.61. The van der Waals surface area contributed by atoms with Gasteiger partial charge in [0.05, 0.1) is 12.1 Å². The van der Waals surface area contributed by atoms with Gasteiger partial charge in [-0.15, -0.1) is 0 Å². The molecule has 0 spiro atoms. The van der Waals surface area contributed by atoms with Gasteiger partial charge in [-0.1, -0.05) is 60.7 Å². The van der Waals surface area contributed by atoms with Crippen LogP contribution in [0.2, 0.25) is 0 Å². The summed E-state index contributed by atoms with van der Waals surface area (Å²) in [6, 6.07) is 20.6. The Morgan fingerprint density at radius 2 is 1.40 bits per heavy atom. The lowest BCUT2D eigenvalue weighted by Gasteiger charge is -2.35. The van der Waals surface area contributed by atoms with Crippen molar-refractivity contribution < 1.29 is 14.3 Å². The van der Waals surface area contributed by atoms with E-state index >= 15 is 0 Å². The normalized spacial score (nSPS) is 20.7. The molecule has 2 aromatic carbocycles. The molecular weight excluding hydrogens is 376 g/mol. The van der Waals surface area contributed by atoms with E-state index in [0.717, 1.165) is 17.5 Å². The van der Waals surface area contributed by atoms with Crippen molar-refractivity contribution in [3.05, 3.63) is 71.8 Å². The van der Waals surface area contributed by atoms with Crippen LogP contribution in [0.25, 0.3) is 0 Å². The summed E-state index contributed by atoms with van der Waals surface area (Å²) in [5.41, 5.74) is 1.79. The summed E-state index contributed by atoms with van der Waals surface area (Å²) >= 11 is 0. The molecule has 5 heteroatoms. The summed E-state index contributed by atoms with van der Waals surface area (Å²) in [6.07, 6.45) is 1.00. The summed E-state index contributed by atoms with van der Waals surface area (Å²) in [4.78, 5) is 29.5. The second-order valence-corrected chi connectivity index (χ2v) is 9.30. The number of hydrogen-bond donors (Lipinski definition) is 0. The molecule has 2 amide bonds. The lowest BCUT2D eigenvalue weighted by molar-refractivity contribution is -0.133. The molecule has 0 aliphatic carbocycles. The number of hydrogen-bond acceptors (Lipinski definition) is 3. The highest BCUT2D eigenvalue weighted by Gasteiger charge is 2.48. The highest BCUT2D eigenvalue weighted by molar-refractivity contribution is 5.79. The summed E-state index contributed by atoms with van der Waals surface area (Å²) in [7, 11) is 0. The number of carbonyl (C=O) groups excluding carboxylic acids is 2. The zero-order chi connectivity index (χ0) is 21.3. The van der Waals surface area contributed by atoms with Crippen molar-refractivity contribution in [3.8, 4) is 0 Å². The van der Waals surface area contributed by atoms with Crippen molar-refractivity contribution in [1.29, 1.82) is 0 Å². The SMILES string of the molecule is CC(C)(C)OC(=O)N1C[C@@H]2C[C@@H]1CN2C(=O)CC(c1ccccc1)c1ccccc1. The van der Waals surface area contributed by atoms with Crippen molar-refractivity contribution in [2.75, 3.05) is 13.1 Å². The quantitative estimate of drug-likeness (QED) is 0.755. The molecule has 2 heterocycles. The Morgan fingerprint density at radius 3 is 1.87 bits per heavy atom. The van der Waals surface area contributed by atoms with Crippen LogP contribution in [0.1, 0.15) is 50.7 Å². The molecule has 0 aromatic heterocycles. The number of ether oxygens (including phenoxy) is 1. The van der Waals surface area contributed by atoms with Crippen molar-refractivity contribution in [2.45, 2.75) is 57.2 Å². The molecular formula is C25H30N2O3. The Morgan fingerprint density at radius 1 is 0.900 bits per heavy atom. The molecule has 2 atom stereocenters. The molecule has 2 aliphatic heterocycles. The predicted octanol–water partition coefficient (Wildman–Crippen LogP) is 4.43. The zero-order valence-corrected chi connectivity index (χ0v) is 18.0. The largest absolute Gasteiger partial charge is 0.444 e. The summed E-state index contributed by atoms with van der Waals surface area (Å²) in [5.74, 6) is 0.185. The molecule has 2 aromatic rings. The lowest BCUT2D eigenvalue weighted by atomic mass is 9.88. The van der Waals surface area contributed by atoms with Gasteiger partial charge in [0.1, 0.15) is 5.60 Å². The molecule has 2 aliphatic rings. The van der Waals surface area contributed by atoms with Gasteiger partial charge in [0, 0.05) is 25.4 Å². The van der Waals surface area contributed by atoms with Gasteiger partial charge < -0.3 is 14.5 Å². The minimum atomic E-state index is -0.507. The lowest BCUT2D eigenvalue weighted by Crippen LogP contribution is -2.51. The fraction of sp³-hybridized carbons (Fsp3) is 0.440. The van der Waals surface area contributed by atoms with Gasteiger partial charge in [-0.05, 0) is 38.3 Å². The van der Waals surface area contributed by atoms with Gasteiger partial charge in [-0.3, -0.25) is 4.79 Å². The Labute approximate surface area is 178 Å². The van der Waals surface area contributed by atoms with Gasteiger partial charge in [-0.25, -0.2) is 4.79 Å². The first kappa shape index (κ1) is 20.5. The van der Waals surface area contributed by atoms with Crippen molar-refractivity contribution >= 4 is 12.0 Å². The van der Waals surface area contributed by atoms with E-state index in [1.54, 1.807) is 4.90 Å². The van der Waals surface area contributed by atoms with Crippen LogP contribution in [-0.2, 0) is 9.53 Å².